The summed E-state index contributed by atoms with van der Waals surface area (Å²) in [5, 5.41) is 6.59. The molecule has 2 heterocycles. The SMILES string of the molecule is Cc1cc(=O)c(C(=O)NCCC(=O)N2CCCC2)nn1-c1ccccc1F. The van der Waals surface area contributed by atoms with Gasteiger partial charge in [0.2, 0.25) is 11.3 Å². The second-order valence-corrected chi connectivity index (χ2v) is 6.46. The summed E-state index contributed by atoms with van der Waals surface area (Å²) >= 11 is 0. The summed E-state index contributed by atoms with van der Waals surface area (Å²) in [4.78, 5) is 38.3. The maximum atomic E-state index is 14.0. The molecular weight excluding hydrogens is 351 g/mol. The van der Waals surface area contributed by atoms with E-state index in [-0.39, 0.29) is 30.3 Å². The van der Waals surface area contributed by atoms with Crippen molar-refractivity contribution in [2.45, 2.75) is 26.2 Å². The van der Waals surface area contributed by atoms with Gasteiger partial charge in [-0.25, -0.2) is 9.07 Å². The summed E-state index contributed by atoms with van der Waals surface area (Å²) in [6.07, 6.45) is 2.17. The fraction of sp³-hybridized carbons (Fsp3) is 0.368. The maximum Gasteiger partial charge on any atom is 0.275 e. The van der Waals surface area contributed by atoms with Gasteiger partial charge in [0.15, 0.2) is 5.69 Å². The standard InChI is InChI=1S/C19H21FN4O3/c1-13-12-16(25)18(22-24(13)15-7-3-2-6-14(15)20)19(27)21-9-8-17(26)23-10-4-5-11-23/h2-3,6-7,12H,4-5,8-11H2,1H3,(H,21,27). The number of aromatic nitrogens is 2. The van der Waals surface area contributed by atoms with E-state index >= 15 is 0 Å². The molecule has 1 aromatic heterocycles. The van der Waals surface area contributed by atoms with Crippen LogP contribution in [-0.2, 0) is 4.79 Å². The van der Waals surface area contributed by atoms with Crippen LogP contribution in [0.15, 0.2) is 35.1 Å². The number of nitrogens with one attached hydrogen (secondary N) is 1. The molecule has 0 saturated carbocycles. The van der Waals surface area contributed by atoms with E-state index in [1.54, 1.807) is 24.0 Å². The minimum absolute atomic E-state index is 0.0200. The van der Waals surface area contributed by atoms with Crippen molar-refractivity contribution < 1.29 is 14.0 Å². The number of hydrogen-bond donors (Lipinski definition) is 1. The normalized spacial score (nSPS) is 13.6. The van der Waals surface area contributed by atoms with Gasteiger partial charge in [-0.1, -0.05) is 12.1 Å². The van der Waals surface area contributed by atoms with Gasteiger partial charge >= 0.3 is 0 Å². The predicted molar refractivity (Wildman–Crippen MR) is 97.3 cm³/mol. The Morgan fingerprint density at radius 2 is 1.93 bits per heavy atom. The van der Waals surface area contributed by atoms with Crippen molar-refractivity contribution >= 4 is 11.8 Å². The Bertz CT molecular complexity index is 919. The Morgan fingerprint density at radius 3 is 2.63 bits per heavy atom. The number of nitrogens with zero attached hydrogens (tertiary/aromatic N) is 3. The van der Waals surface area contributed by atoms with E-state index in [2.05, 4.69) is 10.4 Å². The number of carbonyl (C=O) groups is 2. The van der Waals surface area contributed by atoms with Gasteiger partial charge in [-0.15, -0.1) is 0 Å². The summed E-state index contributed by atoms with van der Waals surface area (Å²) in [6, 6.07) is 7.21. The smallest absolute Gasteiger partial charge is 0.275 e. The highest BCUT2D eigenvalue weighted by atomic mass is 19.1. The highest BCUT2D eigenvalue weighted by molar-refractivity contribution is 5.92. The zero-order valence-corrected chi connectivity index (χ0v) is 15.1. The second-order valence-electron chi connectivity index (χ2n) is 6.46. The Labute approximate surface area is 155 Å². The molecular formula is C19H21FN4O3. The number of benzene rings is 1. The lowest BCUT2D eigenvalue weighted by molar-refractivity contribution is -0.129. The van der Waals surface area contributed by atoms with Crippen molar-refractivity contribution in [1.82, 2.24) is 20.0 Å². The molecule has 27 heavy (non-hydrogen) atoms. The van der Waals surface area contributed by atoms with Gasteiger partial charge in [0.25, 0.3) is 5.91 Å². The van der Waals surface area contributed by atoms with E-state index < -0.39 is 17.2 Å². The molecule has 1 fully saturated rings. The van der Waals surface area contributed by atoms with E-state index in [0.29, 0.717) is 5.69 Å². The molecule has 1 aliphatic rings. The van der Waals surface area contributed by atoms with E-state index in [0.717, 1.165) is 25.9 Å². The fourth-order valence-corrected chi connectivity index (χ4v) is 3.06. The Balaban J connectivity index is 1.73. The Morgan fingerprint density at radius 1 is 1.22 bits per heavy atom. The van der Waals surface area contributed by atoms with Gasteiger partial charge in [0, 0.05) is 37.8 Å². The molecule has 0 unspecified atom stereocenters. The van der Waals surface area contributed by atoms with E-state index in [9.17, 15) is 18.8 Å². The molecule has 0 radical (unpaired) electrons. The maximum absolute atomic E-state index is 14.0. The number of halogens is 1. The average molecular weight is 372 g/mol. The molecule has 7 nitrogen and oxygen atoms in total. The van der Waals surface area contributed by atoms with Crippen molar-refractivity contribution in [3.05, 3.63) is 57.8 Å². The van der Waals surface area contributed by atoms with Crippen LogP contribution in [-0.4, -0.2) is 46.1 Å². The molecule has 2 amide bonds. The number of para-hydroxylation sites is 1. The van der Waals surface area contributed by atoms with Crippen LogP contribution in [0.2, 0.25) is 0 Å². The zero-order chi connectivity index (χ0) is 19.4. The number of likely N-dealkylation sites (tertiary alicyclic amines) is 1. The molecule has 3 rings (SSSR count). The van der Waals surface area contributed by atoms with Gasteiger partial charge in [-0.05, 0) is 31.9 Å². The second kappa shape index (κ2) is 8.11. The van der Waals surface area contributed by atoms with E-state index in [1.807, 2.05) is 0 Å². The first-order chi connectivity index (χ1) is 13.0. The van der Waals surface area contributed by atoms with Crippen molar-refractivity contribution in [2.24, 2.45) is 0 Å². The van der Waals surface area contributed by atoms with Crippen LogP contribution in [0.25, 0.3) is 5.69 Å². The summed E-state index contributed by atoms with van der Waals surface area (Å²) in [5.74, 6) is -1.22. The molecule has 0 bridgehead atoms. The third-order valence-corrected chi connectivity index (χ3v) is 4.49. The van der Waals surface area contributed by atoms with Crippen molar-refractivity contribution in [3.8, 4) is 5.69 Å². The minimum atomic E-state index is -0.681. The van der Waals surface area contributed by atoms with Crippen LogP contribution in [0.3, 0.4) is 0 Å². The molecule has 0 spiro atoms. The number of rotatable bonds is 5. The molecule has 142 valence electrons. The first kappa shape index (κ1) is 18.8. The first-order valence-electron chi connectivity index (χ1n) is 8.89. The number of aryl methyl sites for hydroxylation is 1. The van der Waals surface area contributed by atoms with Crippen molar-refractivity contribution in [1.29, 1.82) is 0 Å². The number of hydrogen-bond acceptors (Lipinski definition) is 4. The summed E-state index contributed by atoms with van der Waals surface area (Å²) in [7, 11) is 0. The highest BCUT2D eigenvalue weighted by Gasteiger charge is 2.19. The van der Waals surface area contributed by atoms with Crippen molar-refractivity contribution in [2.75, 3.05) is 19.6 Å². The molecule has 1 saturated heterocycles. The van der Waals surface area contributed by atoms with Gasteiger partial charge in [0.1, 0.15) is 11.5 Å². The first-order valence-corrected chi connectivity index (χ1v) is 8.89. The summed E-state index contributed by atoms with van der Waals surface area (Å²) in [6.45, 7) is 3.22. The molecule has 1 N–H and O–H groups in total. The van der Waals surface area contributed by atoms with Crippen LogP contribution in [0.4, 0.5) is 4.39 Å². The van der Waals surface area contributed by atoms with Gasteiger partial charge in [-0.3, -0.25) is 14.4 Å². The summed E-state index contributed by atoms with van der Waals surface area (Å²) in [5.41, 5.74) is -0.333. The third-order valence-electron chi connectivity index (χ3n) is 4.49. The summed E-state index contributed by atoms with van der Waals surface area (Å²) < 4.78 is 15.3. The average Bonchev–Trinajstić information content (AvgIpc) is 3.17. The topological polar surface area (TPSA) is 84.3 Å². The van der Waals surface area contributed by atoms with Gasteiger partial charge < -0.3 is 10.2 Å². The van der Waals surface area contributed by atoms with Gasteiger partial charge in [-0.2, -0.15) is 5.10 Å². The molecule has 1 aromatic carbocycles. The number of amides is 2. The van der Waals surface area contributed by atoms with Gasteiger partial charge in [0.05, 0.1) is 0 Å². The van der Waals surface area contributed by atoms with Crippen LogP contribution in [0.1, 0.15) is 35.4 Å². The van der Waals surface area contributed by atoms with E-state index in [1.165, 1.54) is 22.9 Å². The molecule has 2 aromatic rings. The molecule has 1 aliphatic heterocycles. The lowest BCUT2D eigenvalue weighted by Gasteiger charge is -2.15. The Kier molecular flexibility index (Phi) is 5.63. The quantitative estimate of drug-likeness (QED) is 0.860. The monoisotopic (exact) mass is 372 g/mol. The Hall–Kier alpha value is -3.03. The third kappa shape index (κ3) is 4.21. The largest absolute Gasteiger partial charge is 0.350 e. The lowest BCUT2D eigenvalue weighted by atomic mass is 10.2. The van der Waals surface area contributed by atoms with Crippen LogP contribution in [0, 0.1) is 12.7 Å². The highest BCUT2D eigenvalue weighted by Crippen LogP contribution is 2.13. The van der Waals surface area contributed by atoms with Crippen molar-refractivity contribution in [3.63, 3.8) is 0 Å². The lowest BCUT2D eigenvalue weighted by Crippen LogP contribution is -2.35. The van der Waals surface area contributed by atoms with E-state index in [4.69, 9.17) is 0 Å². The fourth-order valence-electron chi connectivity index (χ4n) is 3.06. The van der Waals surface area contributed by atoms with Crippen LogP contribution >= 0.6 is 0 Å². The zero-order valence-electron chi connectivity index (χ0n) is 15.1. The molecule has 8 heteroatoms. The predicted octanol–water partition coefficient (Wildman–Crippen LogP) is 1.42. The van der Waals surface area contributed by atoms with Crippen LogP contribution in [0.5, 0.6) is 0 Å². The van der Waals surface area contributed by atoms with Crippen LogP contribution < -0.4 is 10.7 Å². The molecule has 0 atom stereocenters. The molecule has 0 aliphatic carbocycles. The number of carbonyl (C=O) groups excluding carboxylic acids is 2. The minimum Gasteiger partial charge on any atom is -0.350 e.